The standard InChI is InChI=1S/C11H21NO2/c1-8-4-3-5-9(6-8)10(12)7-11(13)14-2/h8-10H,3-7,12H2,1-2H3/t8?,9?,10-/m1/s1. The van der Waals surface area contributed by atoms with Crippen molar-refractivity contribution >= 4 is 5.97 Å². The monoisotopic (exact) mass is 199 g/mol. The number of methoxy groups -OCH3 is 1. The van der Waals surface area contributed by atoms with E-state index >= 15 is 0 Å². The number of hydrogen-bond acceptors (Lipinski definition) is 3. The average molecular weight is 199 g/mol. The SMILES string of the molecule is COC(=O)C[C@@H](N)C1CCCC(C)C1. The van der Waals surface area contributed by atoms with E-state index in [0.29, 0.717) is 12.3 Å². The predicted octanol–water partition coefficient (Wildman–Crippen LogP) is 1.70. The molecule has 0 heterocycles. The van der Waals surface area contributed by atoms with E-state index in [9.17, 15) is 4.79 Å². The third-order valence-corrected chi connectivity index (χ3v) is 3.21. The van der Waals surface area contributed by atoms with Crippen LogP contribution in [0.3, 0.4) is 0 Å². The summed E-state index contributed by atoms with van der Waals surface area (Å²) in [4.78, 5) is 11.0. The number of hydrogen-bond donors (Lipinski definition) is 1. The summed E-state index contributed by atoms with van der Waals surface area (Å²) in [6, 6.07) is -0.00907. The zero-order valence-electron chi connectivity index (χ0n) is 9.16. The molecule has 2 unspecified atom stereocenters. The second kappa shape index (κ2) is 5.35. The summed E-state index contributed by atoms with van der Waals surface area (Å²) in [6.45, 7) is 2.26. The fourth-order valence-corrected chi connectivity index (χ4v) is 2.31. The number of esters is 1. The Morgan fingerprint density at radius 3 is 2.86 bits per heavy atom. The molecule has 0 amide bonds. The number of rotatable bonds is 3. The van der Waals surface area contributed by atoms with Crippen molar-refractivity contribution in [2.45, 2.75) is 45.1 Å². The Morgan fingerprint density at radius 2 is 2.29 bits per heavy atom. The molecule has 1 saturated carbocycles. The minimum atomic E-state index is -0.185. The highest BCUT2D eigenvalue weighted by atomic mass is 16.5. The summed E-state index contributed by atoms with van der Waals surface area (Å²) in [6.07, 6.45) is 5.26. The van der Waals surface area contributed by atoms with Gasteiger partial charge in [-0.2, -0.15) is 0 Å². The maximum atomic E-state index is 11.0. The molecule has 0 aromatic heterocycles. The summed E-state index contributed by atoms with van der Waals surface area (Å²) in [5.41, 5.74) is 5.99. The van der Waals surface area contributed by atoms with E-state index in [1.807, 2.05) is 0 Å². The highest BCUT2D eigenvalue weighted by molar-refractivity contribution is 5.69. The topological polar surface area (TPSA) is 52.3 Å². The van der Waals surface area contributed by atoms with Gasteiger partial charge in [0.15, 0.2) is 0 Å². The highest BCUT2D eigenvalue weighted by Gasteiger charge is 2.25. The van der Waals surface area contributed by atoms with Crippen molar-refractivity contribution in [1.82, 2.24) is 0 Å². The molecule has 0 saturated heterocycles. The molecule has 0 spiro atoms. The quantitative estimate of drug-likeness (QED) is 0.704. The van der Waals surface area contributed by atoms with Crippen molar-refractivity contribution < 1.29 is 9.53 Å². The summed E-state index contributed by atoms with van der Waals surface area (Å²) >= 11 is 0. The number of nitrogens with two attached hydrogens (primary N) is 1. The van der Waals surface area contributed by atoms with Crippen molar-refractivity contribution in [2.24, 2.45) is 17.6 Å². The normalized spacial score (nSPS) is 29.6. The van der Waals surface area contributed by atoms with Crippen LogP contribution in [0.15, 0.2) is 0 Å². The highest BCUT2D eigenvalue weighted by Crippen LogP contribution is 2.30. The van der Waals surface area contributed by atoms with Gasteiger partial charge in [-0.3, -0.25) is 4.79 Å². The van der Waals surface area contributed by atoms with Crippen LogP contribution < -0.4 is 5.73 Å². The average Bonchev–Trinajstić information content (AvgIpc) is 2.17. The Kier molecular flexibility index (Phi) is 4.39. The van der Waals surface area contributed by atoms with Crippen LogP contribution in [0.5, 0.6) is 0 Å². The molecule has 2 N–H and O–H groups in total. The van der Waals surface area contributed by atoms with E-state index < -0.39 is 0 Å². The Labute approximate surface area is 86.0 Å². The molecule has 3 atom stereocenters. The van der Waals surface area contributed by atoms with Crippen LogP contribution in [0.2, 0.25) is 0 Å². The van der Waals surface area contributed by atoms with Gasteiger partial charge in [0.25, 0.3) is 0 Å². The maximum Gasteiger partial charge on any atom is 0.307 e. The Bertz CT molecular complexity index is 194. The number of ether oxygens (including phenoxy) is 1. The third-order valence-electron chi connectivity index (χ3n) is 3.21. The van der Waals surface area contributed by atoms with E-state index in [0.717, 1.165) is 12.3 Å². The smallest absolute Gasteiger partial charge is 0.307 e. The summed E-state index contributed by atoms with van der Waals surface area (Å²) in [5, 5.41) is 0. The fourth-order valence-electron chi connectivity index (χ4n) is 2.31. The first-order chi connectivity index (χ1) is 6.63. The first kappa shape index (κ1) is 11.5. The molecule has 1 fully saturated rings. The predicted molar refractivity (Wildman–Crippen MR) is 55.7 cm³/mol. The molecule has 1 rings (SSSR count). The van der Waals surface area contributed by atoms with E-state index in [2.05, 4.69) is 11.7 Å². The maximum absolute atomic E-state index is 11.0. The minimum Gasteiger partial charge on any atom is -0.469 e. The summed E-state index contributed by atoms with van der Waals surface area (Å²) < 4.78 is 4.62. The second-order valence-electron chi connectivity index (χ2n) is 4.48. The summed E-state index contributed by atoms with van der Waals surface area (Å²) in [5.74, 6) is 1.09. The first-order valence-electron chi connectivity index (χ1n) is 5.46. The van der Waals surface area contributed by atoms with Crippen LogP contribution in [-0.4, -0.2) is 19.1 Å². The van der Waals surface area contributed by atoms with Gasteiger partial charge in [0.1, 0.15) is 0 Å². The van der Waals surface area contributed by atoms with E-state index in [1.54, 1.807) is 0 Å². The van der Waals surface area contributed by atoms with Crippen molar-refractivity contribution in [3.63, 3.8) is 0 Å². The first-order valence-corrected chi connectivity index (χ1v) is 5.46. The molecule has 1 aliphatic rings. The van der Waals surface area contributed by atoms with E-state index in [-0.39, 0.29) is 12.0 Å². The molecule has 82 valence electrons. The molecule has 14 heavy (non-hydrogen) atoms. The molecule has 1 aliphatic carbocycles. The minimum absolute atomic E-state index is 0.00907. The largest absolute Gasteiger partial charge is 0.469 e. The van der Waals surface area contributed by atoms with Gasteiger partial charge >= 0.3 is 5.97 Å². The van der Waals surface area contributed by atoms with Gasteiger partial charge in [0, 0.05) is 6.04 Å². The third kappa shape index (κ3) is 3.29. The van der Waals surface area contributed by atoms with Gasteiger partial charge < -0.3 is 10.5 Å². The molecule has 0 aromatic rings. The molecule has 0 aromatic carbocycles. The van der Waals surface area contributed by atoms with Crippen molar-refractivity contribution in [1.29, 1.82) is 0 Å². The zero-order valence-corrected chi connectivity index (χ0v) is 9.16. The Morgan fingerprint density at radius 1 is 1.57 bits per heavy atom. The zero-order chi connectivity index (χ0) is 10.6. The molecule has 0 radical (unpaired) electrons. The fraction of sp³-hybridized carbons (Fsp3) is 0.909. The number of carbonyl (C=O) groups excluding carboxylic acids is 1. The Hall–Kier alpha value is -0.570. The van der Waals surface area contributed by atoms with Gasteiger partial charge in [0.2, 0.25) is 0 Å². The van der Waals surface area contributed by atoms with Crippen molar-refractivity contribution in [3.8, 4) is 0 Å². The molecule has 0 bridgehead atoms. The van der Waals surface area contributed by atoms with E-state index in [1.165, 1.54) is 26.4 Å². The number of carbonyl (C=O) groups is 1. The lowest BCUT2D eigenvalue weighted by molar-refractivity contribution is -0.141. The van der Waals surface area contributed by atoms with Crippen LogP contribution in [-0.2, 0) is 9.53 Å². The molecule has 0 aliphatic heterocycles. The van der Waals surface area contributed by atoms with Gasteiger partial charge in [-0.15, -0.1) is 0 Å². The lowest BCUT2D eigenvalue weighted by Crippen LogP contribution is -2.35. The molecule has 3 nitrogen and oxygen atoms in total. The van der Waals surface area contributed by atoms with Crippen LogP contribution >= 0.6 is 0 Å². The van der Waals surface area contributed by atoms with Crippen LogP contribution in [0, 0.1) is 11.8 Å². The molecular weight excluding hydrogens is 178 g/mol. The van der Waals surface area contributed by atoms with Crippen molar-refractivity contribution in [3.05, 3.63) is 0 Å². The van der Waals surface area contributed by atoms with Gasteiger partial charge in [-0.1, -0.05) is 19.8 Å². The van der Waals surface area contributed by atoms with Gasteiger partial charge in [-0.05, 0) is 24.7 Å². The Balaban J connectivity index is 2.35. The van der Waals surface area contributed by atoms with Gasteiger partial charge in [-0.25, -0.2) is 0 Å². The van der Waals surface area contributed by atoms with E-state index in [4.69, 9.17) is 5.73 Å². The summed E-state index contributed by atoms with van der Waals surface area (Å²) in [7, 11) is 1.42. The lowest BCUT2D eigenvalue weighted by Gasteiger charge is -2.30. The molecule has 3 heteroatoms. The van der Waals surface area contributed by atoms with Gasteiger partial charge in [0.05, 0.1) is 13.5 Å². The second-order valence-corrected chi connectivity index (χ2v) is 4.48. The van der Waals surface area contributed by atoms with Crippen LogP contribution in [0.25, 0.3) is 0 Å². The lowest BCUT2D eigenvalue weighted by atomic mass is 9.78. The van der Waals surface area contributed by atoms with Crippen molar-refractivity contribution in [2.75, 3.05) is 7.11 Å². The van der Waals surface area contributed by atoms with Crippen LogP contribution in [0.1, 0.15) is 39.0 Å². The molecular formula is C11H21NO2. The van der Waals surface area contributed by atoms with Crippen LogP contribution in [0.4, 0.5) is 0 Å².